The lowest BCUT2D eigenvalue weighted by Gasteiger charge is -2.09. The third kappa shape index (κ3) is 5.52. The summed E-state index contributed by atoms with van der Waals surface area (Å²) in [6.07, 6.45) is 1.90. The van der Waals surface area contributed by atoms with Crippen LogP contribution in [0.25, 0.3) is 0 Å². The Morgan fingerprint density at radius 1 is 1.17 bits per heavy atom. The lowest BCUT2D eigenvalue weighted by atomic mass is 10.3. The number of carbonyl (C=O) groups is 1. The van der Waals surface area contributed by atoms with E-state index < -0.39 is 10.0 Å². The predicted molar refractivity (Wildman–Crippen MR) is 112 cm³/mol. The number of nitrogens with one attached hydrogen (secondary N) is 2. The van der Waals surface area contributed by atoms with Gasteiger partial charge in [0.25, 0.3) is 10.0 Å². The van der Waals surface area contributed by atoms with Gasteiger partial charge < -0.3 is 5.32 Å². The SMILES string of the molecule is Cc1c(Br)cnn1CCC(=O)Nc1ccc(S(=O)(=O)Nc2ccc(Cl)nn2)cc1. The van der Waals surface area contributed by atoms with E-state index >= 15 is 0 Å². The summed E-state index contributed by atoms with van der Waals surface area (Å²) in [6, 6.07) is 8.62. The molecular formula is C17H16BrClN6O3S. The fraction of sp³-hybridized carbons (Fsp3) is 0.176. The molecule has 29 heavy (non-hydrogen) atoms. The molecule has 0 fully saturated rings. The Balaban J connectivity index is 1.59. The van der Waals surface area contributed by atoms with Crippen LogP contribution in [0.3, 0.4) is 0 Å². The number of sulfonamides is 1. The van der Waals surface area contributed by atoms with Crippen LogP contribution in [-0.2, 0) is 21.4 Å². The Kier molecular flexibility index (Phi) is 6.50. The second-order valence-corrected chi connectivity index (χ2v) is 8.89. The van der Waals surface area contributed by atoms with Crippen LogP contribution in [0.15, 0.2) is 52.0 Å². The number of hydrogen-bond acceptors (Lipinski definition) is 6. The molecule has 0 bridgehead atoms. The zero-order chi connectivity index (χ0) is 21.0. The second kappa shape index (κ2) is 8.89. The number of amides is 1. The molecule has 2 aromatic heterocycles. The van der Waals surface area contributed by atoms with Gasteiger partial charge in [0.15, 0.2) is 11.0 Å². The Labute approximate surface area is 180 Å². The Bertz CT molecular complexity index is 1120. The average Bonchev–Trinajstić information content (AvgIpc) is 3.00. The number of nitrogens with zero attached hydrogens (tertiary/aromatic N) is 4. The van der Waals surface area contributed by atoms with E-state index in [-0.39, 0.29) is 28.2 Å². The lowest BCUT2D eigenvalue weighted by Crippen LogP contribution is -2.16. The van der Waals surface area contributed by atoms with Crippen LogP contribution in [0.4, 0.5) is 11.5 Å². The molecule has 1 aromatic carbocycles. The summed E-state index contributed by atoms with van der Waals surface area (Å²) in [7, 11) is -3.84. The number of anilines is 2. The molecule has 0 unspecified atom stereocenters. The van der Waals surface area contributed by atoms with Gasteiger partial charge in [-0.15, -0.1) is 10.2 Å². The largest absolute Gasteiger partial charge is 0.326 e. The standard InChI is InChI=1S/C17H16BrClN6O3S/c1-11-14(18)10-20-25(11)9-8-17(26)21-12-2-4-13(5-3-12)29(27,28)24-16-7-6-15(19)22-23-16/h2-7,10H,8-9H2,1H3,(H,21,26)(H,23,24). The Morgan fingerprint density at radius 3 is 2.48 bits per heavy atom. The van der Waals surface area contributed by atoms with Gasteiger partial charge in [0.2, 0.25) is 5.91 Å². The molecule has 3 rings (SSSR count). The van der Waals surface area contributed by atoms with Gasteiger partial charge in [0.05, 0.1) is 22.1 Å². The minimum absolute atomic E-state index is 0.0178. The van der Waals surface area contributed by atoms with Crippen LogP contribution >= 0.6 is 27.5 Å². The fourth-order valence-electron chi connectivity index (χ4n) is 2.36. The topological polar surface area (TPSA) is 119 Å². The molecule has 0 aliphatic rings. The van der Waals surface area contributed by atoms with Gasteiger partial charge in [-0.2, -0.15) is 5.10 Å². The first-order valence-corrected chi connectivity index (χ1v) is 11.0. The molecule has 3 aromatic rings. The maximum absolute atomic E-state index is 12.4. The van der Waals surface area contributed by atoms with E-state index in [1.54, 1.807) is 10.9 Å². The number of rotatable bonds is 7. The summed E-state index contributed by atoms with van der Waals surface area (Å²) in [5.41, 5.74) is 1.42. The van der Waals surface area contributed by atoms with Crippen LogP contribution in [-0.4, -0.2) is 34.3 Å². The number of halogens is 2. The van der Waals surface area contributed by atoms with Crippen LogP contribution in [0, 0.1) is 6.92 Å². The molecule has 152 valence electrons. The highest BCUT2D eigenvalue weighted by Crippen LogP contribution is 2.18. The van der Waals surface area contributed by atoms with Crippen molar-refractivity contribution in [2.75, 3.05) is 10.0 Å². The van der Waals surface area contributed by atoms with E-state index in [9.17, 15) is 13.2 Å². The van der Waals surface area contributed by atoms with Gasteiger partial charge in [-0.25, -0.2) is 8.42 Å². The van der Waals surface area contributed by atoms with Crippen molar-refractivity contribution < 1.29 is 13.2 Å². The first-order chi connectivity index (χ1) is 13.7. The van der Waals surface area contributed by atoms with E-state index in [1.165, 1.54) is 36.4 Å². The summed E-state index contributed by atoms with van der Waals surface area (Å²) >= 11 is 9.00. The van der Waals surface area contributed by atoms with Crippen molar-refractivity contribution in [1.82, 2.24) is 20.0 Å². The highest BCUT2D eigenvalue weighted by molar-refractivity contribution is 9.10. The van der Waals surface area contributed by atoms with E-state index in [0.717, 1.165) is 10.2 Å². The zero-order valence-electron chi connectivity index (χ0n) is 15.1. The Hall–Kier alpha value is -2.50. The fourth-order valence-corrected chi connectivity index (χ4v) is 3.76. The van der Waals surface area contributed by atoms with Crippen molar-refractivity contribution in [2.24, 2.45) is 0 Å². The Morgan fingerprint density at radius 2 is 1.90 bits per heavy atom. The summed E-state index contributed by atoms with van der Waals surface area (Å²) in [5, 5.41) is 14.3. The molecular weight excluding hydrogens is 484 g/mol. The van der Waals surface area contributed by atoms with Crippen molar-refractivity contribution in [2.45, 2.75) is 24.8 Å². The summed E-state index contributed by atoms with van der Waals surface area (Å²) in [5.74, 6) is -0.159. The van der Waals surface area contributed by atoms with Gasteiger partial charge in [0, 0.05) is 17.8 Å². The van der Waals surface area contributed by atoms with Gasteiger partial charge in [-0.05, 0) is 59.3 Å². The molecule has 0 radical (unpaired) electrons. The number of aryl methyl sites for hydroxylation is 1. The van der Waals surface area contributed by atoms with E-state index in [2.05, 4.69) is 41.3 Å². The van der Waals surface area contributed by atoms with Crippen molar-refractivity contribution >= 4 is 55.0 Å². The predicted octanol–water partition coefficient (Wildman–Crippen LogP) is 3.23. The average molecular weight is 500 g/mol. The number of aromatic nitrogens is 4. The first kappa shape index (κ1) is 21.2. The molecule has 1 amide bonds. The third-order valence-electron chi connectivity index (χ3n) is 3.91. The van der Waals surface area contributed by atoms with E-state index in [4.69, 9.17) is 11.6 Å². The molecule has 0 spiro atoms. The zero-order valence-corrected chi connectivity index (χ0v) is 18.3. The molecule has 2 heterocycles. The first-order valence-electron chi connectivity index (χ1n) is 8.34. The molecule has 2 N–H and O–H groups in total. The van der Waals surface area contributed by atoms with Gasteiger partial charge >= 0.3 is 0 Å². The minimum Gasteiger partial charge on any atom is -0.326 e. The maximum Gasteiger partial charge on any atom is 0.263 e. The van der Waals surface area contributed by atoms with Crippen LogP contribution in [0.2, 0.25) is 5.15 Å². The van der Waals surface area contributed by atoms with Crippen LogP contribution in [0.5, 0.6) is 0 Å². The molecule has 0 saturated heterocycles. The third-order valence-corrected chi connectivity index (χ3v) is 6.26. The number of benzene rings is 1. The summed E-state index contributed by atoms with van der Waals surface area (Å²) in [4.78, 5) is 12.2. The van der Waals surface area contributed by atoms with Gasteiger partial charge in [0.1, 0.15) is 0 Å². The van der Waals surface area contributed by atoms with E-state index in [1.807, 2.05) is 6.92 Å². The lowest BCUT2D eigenvalue weighted by molar-refractivity contribution is -0.116. The quantitative estimate of drug-likeness (QED) is 0.515. The summed E-state index contributed by atoms with van der Waals surface area (Å²) in [6.45, 7) is 2.33. The van der Waals surface area contributed by atoms with E-state index in [0.29, 0.717) is 12.2 Å². The monoisotopic (exact) mass is 498 g/mol. The number of hydrogen-bond donors (Lipinski definition) is 2. The molecule has 9 nitrogen and oxygen atoms in total. The van der Waals surface area contributed by atoms with Gasteiger partial charge in [-0.1, -0.05) is 11.6 Å². The molecule has 0 saturated carbocycles. The molecule has 12 heteroatoms. The highest BCUT2D eigenvalue weighted by atomic mass is 79.9. The van der Waals surface area contributed by atoms with Crippen molar-refractivity contribution in [3.8, 4) is 0 Å². The molecule has 0 aliphatic carbocycles. The normalized spacial score (nSPS) is 11.3. The van der Waals surface area contributed by atoms with Gasteiger partial charge in [-0.3, -0.25) is 14.2 Å². The smallest absolute Gasteiger partial charge is 0.263 e. The number of carbonyl (C=O) groups excluding carboxylic acids is 1. The second-order valence-electron chi connectivity index (χ2n) is 5.97. The van der Waals surface area contributed by atoms with Crippen molar-refractivity contribution in [3.05, 3.63) is 57.9 Å². The van der Waals surface area contributed by atoms with Crippen LogP contribution in [0.1, 0.15) is 12.1 Å². The van der Waals surface area contributed by atoms with Crippen molar-refractivity contribution in [1.29, 1.82) is 0 Å². The maximum atomic E-state index is 12.4. The summed E-state index contributed by atoms with van der Waals surface area (Å²) < 4.78 is 29.7. The molecule has 0 aliphatic heterocycles. The van der Waals surface area contributed by atoms with Crippen LogP contribution < -0.4 is 10.0 Å². The highest BCUT2D eigenvalue weighted by Gasteiger charge is 2.15. The minimum atomic E-state index is -3.84. The molecule has 0 atom stereocenters. The van der Waals surface area contributed by atoms with Crippen molar-refractivity contribution in [3.63, 3.8) is 0 Å².